The van der Waals surface area contributed by atoms with Crippen LogP contribution < -0.4 is 20.1 Å². The number of ether oxygens (including phenoxy) is 1. The Hall–Kier alpha value is -3.21. The van der Waals surface area contributed by atoms with Crippen LogP contribution in [0.1, 0.15) is 46.0 Å². The molecule has 0 radical (unpaired) electrons. The minimum Gasteiger partial charge on any atom is -0.492 e. The molecule has 1 aliphatic heterocycles. The van der Waals surface area contributed by atoms with Crippen LogP contribution in [0.2, 0.25) is 0 Å². The number of likely N-dealkylation sites (tertiary alicyclic amines) is 1. The average molecular weight is 530 g/mol. The van der Waals surface area contributed by atoms with Gasteiger partial charge in [-0.25, -0.2) is 18.1 Å². The number of aryl methyl sites for hydroxylation is 1. The van der Waals surface area contributed by atoms with Crippen LogP contribution in [0, 0.1) is 6.85 Å². The summed E-state index contributed by atoms with van der Waals surface area (Å²) in [4.78, 5) is 10.5. The predicted molar refractivity (Wildman–Crippen MR) is 147 cm³/mol. The van der Waals surface area contributed by atoms with E-state index in [0.717, 1.165) is 25.9 Å². The maximum absolute atomic E-state index is 12.8. The largest absolute Gasteiger partial charge is 0.492 e. The topological polar surface area (TPSA) is 108 Å². The van der Waals surface area contributed by atoms with Gasteiger partial charge >= 0.3 is 0 Å². The van der Waals surface area contributed by atoms with Gasteiger partial charge in [-0.15, -0.1) is 0 Å². The molecule has 0 amide bonds. The molecule has 0 spiro atoms. The lowest BCUT2D eigenvalue weighted by Gasteiger charge is -2.20. The minimum absolute atomic E-state index is 0.00812. The van der Waals surface area contributed by atoms with Gasteiger partial charge in [0.1, 0.15) is 18.2 Å². The van der Waals surface area contributed by atoms with E-state index in [4.69, 9.17) is 11.6 Å². The minimum atomic E-state index is -3.82. The molecule has 0 bridgehead atoms. The first-order chi connectivity index (χ1) is 19.6. The summed E-state index contributed by atoms with van der Waals surface area (Å²) >= 11 is 0. The van der Waals surface area contributed by atoms with Crippen molar-refractivity contribution >= 4 is 33.2 Å². The fourth-order valence-corrected chi connectivity index (χ4v) is 5.17. The Morgan fingerprint density at radius 2 is 1.84 bits per heavy atom. The molecule has 1 saturated heterocycles. The smallest absolute Gasteiger partial charge is 0.241 e. The molecular formula is C27H36N6O3S. The fraction of sp³-hybridized carbons (Fsp3) is 0.407. The molecule has 0 aliphatic carbocycles. The second-order valence-electron chi connectivity index (χ2n) is 9.76. The first-order valence-corrected chi connectivity index (χ1v) is 13.5. The van der Waals surface area contributed by atoms with Crippen LogP contribution in [0.4, 0.5) is 23.1 Å². The lowest BCUT2D eigenvalue weighted by Crippen LogP contribution is -2.40. The fourth-order valence-electron chi connectivity index (χ4n) is 3.71. The van der Waals surface area contributed by atoms with Crippen LogP contribution in [-0.2, 0) is 10.0 Å². The lowest BCUT2D eigenvalue weighted by molar-refractivity contribution is 0.238. The number of benzene rings is 2. The average Bonchev–Trinajstić information content (AvgIpc) is 3.43. The zero-order valence-electron chi connectivity index (χ0n) is 26.2. The predicted octanol–water partition coefficient (Wildman–Crippen LogP) is 4.82. The van der Waals surface area contributed by atoms with Crippen molar-refractivity contribution in [2.75, 3.05) is 36.8 Å². The Balaban J connectivity index is 1.51. The van der Waals surface area contributed by atoms with Gasteiger partial charge in [-0.05, 0) is 96.0 Å². The van der Waals surface area contributed by atoms with Crippen molar-refractivity contribution in [3.63, 3.8) is 0 Å². The molecular weight excluding hydrogens is 488 g/mol. The molecule has 10 heteroatoms. The van der Waals surface area contributed by atoms with E-state index in [1.165, 1.54) is 18.3 Å². The molecule has 37 heavy (non-hydrogen) atoms. The van der Waals surface area contributed by atoms with Crippen LogP contribution in [0.3, 0.4) is 0 Å². The summed E-state index contributed by atoms with van der Waals surface area (Å²) in [5.74, 6) is 0.538. The Morgan fingerprint density at radius 1 is 1.08 bits per heavy atom. The zero-order chi connectivity index (χ0) is 30.7. The molecule has 2 atom stereocenters. The number of rotatable bonds is 10. The molecule has 1 aromatic heterocycles. The van der Waals surface area contributed by atoms with E-state index in [0.29, 0.717) is 17.1 Å². The number of hydrogen-bond acceptors (Lipinski definition) is 8. The van der Waals surface area contributed by atoms with E-state index >= 15 is 0 Å². The zero-order valence-corrected chi connectivity index (χ0v) is 22.0. The number of anilines is 4. The second kappa shape index (κ2) is 11.5. The Kier molecular flexibility index (Phi) is 6.44. The monoisotopic (exact) mass is 529 g/mol. The number of nitrogens with one attached hydrogen (secondary N) is 3. The highest BCUT2D eigenvalue weighted by Crippen LogP contribution is 2.24. The van der Waals surface area contributed by atoms with E-state index in [1.54, 1.807) is 57.2 Å². The molecule has 3 aromatic rings. The van der Waals surface area contributed by atoms with Crippen molar-refractivity contribution < 1.29 is 20.0 Å². The molecule has 1 aliphatic rings. The second-order valence-corrected chi connectivity index (χ2v) is 11.4. The van der Waals surface area contributed by atoms with Crippen molar-refractivity contribution in [3.8, 4) is 5.75 Å². The molecule has 2 aromatic carbocycles. The third-order valence-electron chi connectivity index (χ3n) is 5.36. The SMILES string of the molecule is [2H]C(Oc1ccc(Nc2ncc(C([2H])([2H])[2H])c(Nc3cccc(S(=O)(=O)NC(C)(C)C)c3)n2)cc1)C([2H])N1CCCC1. The first-order valence-electron chi connectivity index (χ1n) is 14.7. The van der Waals surface area contributed by atoms with Crippen LogP contribution in [0.5, 0.6) is 5.75 Å². The van der Waals surface area contributed by atoms with Gasteiger partial charge in [-0.3, -0.25) is 4.90 Å². The van der Waals surface area contributed by atoms with Gasteiger partial charge in [0, 0.05) is 40.7 Å². The molecule has 9 nitrogen and oxygen atoms in total. The van der Waals surface area contributed by atoms with Gasteiger partial charge in [-0.2, -0.15) is 4.98 Å². The summed E-state index contributed by atoms with van der Waals surface area (Å²) in [6.07, 6.45) is 3.25. The third kappa shape index (κ3) is 7.88. The summed E-state index contributed by atoms with van der Waals surface area (Å²) in [5, 5.41) is 5.96. The van der Waals surface area contributed by atoms with Gasteiger partial charge in [-0.1, -0.05) is 6.07 Å². The molecule has 1 fully saturated rings. The maximum atomic E-state index is 12.8. The van der Waals surface area contributed by atoms with Crippen molar-refractivity contribution in [1.29, 1.82) is 0 Å². The van der Waals surface area contributed by atoms with E-state index in [9.17, 15) is 8.42 Å². The summed E-state index contributed by atoms with van der Waals surface area (Å²) in [7, 11) is -3.82. The van der Waals surface area contributed by atoms with Crippen LogP contribution in [-0.4, -0.2) is 55.0 Å². The first kappa shape index (κ1) is 20.8. The molecule has 2 heterocycles. The molecule has 198 valence electrons. The van der Waals surface area contributed by atoms with Gasteiger partial charge in [0.15, 0.2) is 0 Å². The maximum Gasteiger partial charge on any atom is 0.241 e. The number of nitrogens with zero attached hydrogens (tertiary/aromatic N) is 3. The van der Waals surface area contributed by atoms with Crippen LogP contribution in [0.25, 0.3) is 0 Å². The Labute approximate surface area is 226 Å². The summed E-state index contributed by atoms with van der Waals surface area (Å²) in [6, 6.07) is 12.7. The third-order valence-corrected chi connectivity index (χ3v) is 7.12. The summed E-state index contributed by atoms with van der Waals surface area (Å²) in [5.41, 5.74) is 0.0894. The molecule has 4 rings (SSSR count). The number of hydrogen-bond donors (Lipinski definition) is 3. The van der Waals surface area contributed by atoms with Gasteiger partial charge in [0.2, 0.25) is 16.0 Å². The number of aromatic nitrogens is 2. The van der Waals surface area contributed by atoms with Crippen LogP contribution in [0.15, 0.2) is 59.6 Å². The summed E-state index contributed by atoms with van der Waals surface area (Å²) < 4.78 is 74.1. The van der Waals surface area contributed by atoms with Gasteiger partial charge < -0.3 is 15.4 Å². The van der Waals surface area contributed by atoms with E-state index in [2.05, 4.69) is 25.3 Å². The summed E-state index contributed by atoms with van der Waals surface area (Å²) in [6.45, 7) is 2.45. The highest BCUT2D eigenvalue weighted by molar-refractivity contribution is 7.89. The van der Waals surface area contributed by atoms with Crippen LogP contribution >= 0.6 is 0 Å². The standard InChI is InChI=1S/C27H36N6O3S/c1-20-19-28-26(30-21-10-12-23(13-11-21)36-17-16-33-14-5-6-15-33)31-25(20)29-22-8-7-9-24(18-22)37(34,35)32-27(2,3)4/h7-13,18-19,32H,5-6,14-17H2,1-4H3,(H2,28,29,30,31)/i1D3,16D,17D. The lowest BCUT2D eigenvalue weighted by atomic mass is 10.1. The van der Waals surface area contributed by atoms with Crippen molar-refractivity contribution in [3.05, 3.63) is 60.3 Å². The van der Waals surface area contributed by atoms with Gasteiger partial charge in [0.25, 0.3) is 0 Å². The van der Waals surface area contributed by atoms with Crippen molar-refractivity contribution in [1.82, 2.24) is 19.6 Å². The molecule has 2 unspecified atom stereocenters. The van der Waals surface area contributed by atoms with E-state index < -0.39 is 35.5 Å². The normalized spacial score (nSPS) is 18.5. The molecule has 3 N–H and O–H groups in total. The van der Waals surface area contributed by atoms with E-state index in [-0.39, 0.29) is 22.2 Å². The van der Waals surface area contributed by atoms with E-state index in [1.807, 2.05) is 4.90 Å². The highest BCUT2D eigenvalue weighted by atomic mass is 32.2. The van der Waals surface area contributed by atoms with Crippen molar-refractivity contribution in [2.45, 2.75) is 50.9 Å². The highest BCUT2D eigenvalue weighted by Gasteiger charge is 2.22. The Morgan fingerprint density at radius 3 is 2.54 bits per heavy atom. The van der Waals surface area contributed by atoms with Gasteiger partial charge in [0.05, 0.1) is 6.27 Å². The Bertz CT molecular complexity index is 1480. The molecule has 0 saturated carbocycles. The number of sulfonamides is 1. The quantitative estimate of drug-likeness (QED) is 0.343. The van der Waals surface area contributed by atoms with Crippen molar-refractivity contribution in [2.24, 2.45) is 0 Å².